The fourth-order valence-electron chi connectivity index (χ4n) is 2.16. The van der Waals surface area contributed by atoms with E-state index in [0.717, 1.165) is 6.42 Å². The largest absolute Gasteiger partial charge is 0.492 e. The summed E-state index contributed by atoms with van der Waals surface area (Å²) in [6.45, 7) is 8.65. The van der Waals surface area contributed by atoms with Crippen LogP contribution in [-0.4, -0.2) is 24.7 Å². The first-order valence-corrected chi connectivity index (χ1v) is 7.72. The second-order valence-electron chi connectivity index (χ2n) is 4.95. The van der Waals surface area contributed by atoms with Crippen molar-refractivity contribution >= 4 is 23.2 Å². The van der Waals surface area contributed by atoms with Crippen LogP contribution in [0.5, 0.6) is 5.75 Å². The molecule has 1 aromatic carbocycles. The summed E-state index contributed by atoms with van der Waals surface area (Å²) < 4.78 is 11.0. The van der Waals surface area contributed by atoms with E-state index in [-0.39, 0.29) is 5.91 Å². The molecule has 1 rings (SSSR count). The highest BCUT2D eigenvalue weighted by Crippen LogP contribution is 2.28. The predicted octanol–water partition coefficient (Wildman–Crippen LogP) is 4.27. The SMILES string of the molecule is CCC[C@@](C)(OCC)C(=O)Nc1ccc(OCC)c(Cl)c1. The van der Waals surface area contributed by atoms with Gasteiger partial charge in [0.15, 0.2) is 0 Å². The monoisotopic (exact) mass is 313 g/mol. The Labute approximate surface area is 131 Å². The molecular weight excluding hydrogens is 290 g/mol. The fraction of sp³-hybridized carbons (Fsp3) is 0.562. The van der Waals surface area contributed by atoms with Crippen LogP contribution in [-0.2, 0) is 9.53 Å². The Bertz CT molecular complexity index is 471. The molecule has 5 heteroatoms. The van der Waals surface area contributed by atoms with E-state index < -0.39 is 5.60 Å². The quantitative estimate of drug-likeness (QED) is 0.779. The van der Waals surface area contributed by atoms with Crippen LogP contribution in [0, 0.1) is 0 Å². The Morgan fingerprint density at radius 3 is 2.52 bits per heavy atom. The summed E-state index contributed by atoms with van der Waals surface area (Å²) in [7, 11) is 0. The zero-order chi connectivity index (χ0) is 15.9. The number of halogens is 1. The molecule has 0 radical (unpaired) electrons. The minimum atomic E-state index is -0.825. The zero-order valence-corrected chi connectivity index (χ0v) is 13.9. The van der Waals surface area contributed by atoms with Gasteiger partial charge in [-0.15, -0.1) is 0 Å². The second-order valence-corrected chi connectivity index (χ2v) is 5.35. The maximum Gasteiger partial charge on any atom is 0.256 e. The van der Waals surface area contributed by atoms with Crippen molar-refractivity contribution in [3.8, 4) is 5.75 Å². The van der Waals surface area contributed by atoms with E-state index in [2.05, 4.69) is 5.32 Å². The summed E-state index contributed by atoms with van der Waals surface area (Å²) in [5.74, 6) is 0.449. The van der Waals surface area contributed by atoms with Crippen LogP contribution in [0.4, 0.5) is 5.69 Å². The normalized spacial score (nSPS) is 13.6. The van der Waals surface area contributed by atoms with Gasteiger partial charge in [-0.25, -0.2) is 0 Å². The molecule has 0 aliphatic heterocycles. The summed E-state index contributed by atoms with van der Waals surface area (Å²) in [4.78, 5) is 12.4. The third-order valence-corrected chi connectivity index (χ3v) is 3.46. The number of nitrogens with one attached hydrogen (secondary N) is 1. The van der Waals surface area contributed by atoms with Crippen LogP contribution in [0.15, 0.2) is 18.2 Å². The molecule has 0 spiro atoms. The second kappa shape index (κ2) is 8.25. The first kappa shape index (κ1) is 17.8. The van der Waals surface area contributed by atoms with Crippen LogP contribution in [0.2, 0.25) is 5.02 Å². The predicted molar refractivity (Wildman–Crippen MR) is 86.2 cm³/mol. The number of amides is 1. The molecule has 0 heterocycles. The van der Waals surface area contributed by atoms with Crippen molar-refractivity contribution in [2.24, 2.45) is 0 Å². The minimum absolute atomic E-state index is 0.161. The lowest BCUT2D eigenvalue weighted by molar-refractivity contribution is -0.139. The van der Waals surface area contributed by atoms with Gasteiger partial charge in [0.25, 0.3) is 5.91 Å². The van der Waals surface area contributed by atoms with E-state index in [0.29, 0.717) is 36.1 Å². The molecule has 0 aromatic heterocycles. The Balaban J connectivity index is 2.84. The van der Waals surface area contributed by atoms with Gasteiger partial charge in [0, 0.05) is 12.3 Å². The van der Waals surface area contributed by atoms with Crippen molar-refractivity contribution in [1.82, 2.24) is 0 Å². The van der Waals surface area contributed by atoms with Crippen molar-refractivity contribution in [2.45, 2.75) is 46.1 Å². The van der Waals surface area contributed by atoms with E-state index in [9.17, 15) is 4.79 Å². The van der Waals surface area contributed by atoms with Gasteiger partial charge in [0.2, 0.25) is 0 Å². The highest BCUT2D eigenvalue weighted by atomic mass is 35.5. The summed E-state index contributed by atoms with van der Waals surface area (Å²) in [6.07, 6.45) is 1.53. The van der Waals surface area contributed by atoms with E-state index in [1.54, 1.807) is 18.2 Å². The van der Waals surface area contributed by atoms with E-state index in [1.165, 1.54) is 0 Å². The van der Waals surface area contributed by atoms with Gasteiger partial charge in [0.1, 0.15) is 11.4 Å². The third-order valence-electron chi connectivity index (χ3n) is 3.16. The Hall–Kier alpha value is -1.26. The van der Waals surface area contributed by atoms with Gasteiger partial charge < -0.3 is 14.8 Å². The number of carbonyl (C=O) groups is 1. The standard InChI is InChI=1S/C16H24ClNO3/c1-5-10-16(4,21-7-3)15(19)18-12-8-9-14(20-6-2)13(17)11-12/h8-9,11H,5-7,10H2,1-4H3,(H,18,19)/t16-/m1/s1. The van der Waals surface area contributed by atoms with Crippen LogP contribution < -0.4 is 10.1 Å². The van der Waals surface area contributed by atoms with Crippen molar-refractivity contribution in [2.75, 3.05) is 18.5 Å². The third kappa shape index (κ3) is 4.90. The van der Waals surface area contributed by atoms with Crippen LogP contribution in [0.25, 0.3) is 0 Å². The van der Waals surface area contributed by atoms with Crippen molar-refractivity contribution in [3.63, 3.8) is 0 Å². The first-order chi connectivity index (χ1) is 9.96. The van der Waals surface area contributed by atoms with Gasteiger partial charge in [0.05, 0.1) is 11.6 Å². The summed E-state index contributed by atoms with van der Waals surface area (Å²) >= 11 is 6.12. The lowest BCUT2D eigenvalue weighted by Crippen LogP contribution is -2.42. The molecule has 0 bridgehead atoms. The maximum absolute atomic E-state index is 12.4. The van der Waals surface area contributed by atoms with E-state index >= 15 is 0 Å². The van der Waals surface area contributed by atoms with Crippen molar-refractivity contribution in [3.05, 3.63) is 23.2 Å². The first-order valence-electron chi connectivity index (χ1n) is 7.34. The maximum atomic E-state index is 12.4. The Morgan fingerprint density at radius 1 is 1.29 bits per heavy atom. The highest BCUT2D eigenvalue weighted by molar-refractivity contribution is 6.32. The van der Waals surface area contributed by atoms with Gasteiger partial charge in [-0.2, -0.15) is 0 Å². The Kier molecular flexibility index (Phi) is 6.99. The van der Waals surface area contributed by atoms with Crippen LogP contribution in [0.1, 0.15) is 40.5 Å². The van der Waals surface area contributed by atoms with Gasteiger partial charge in [-0.05, 0) is 45.4 Å². The number of hydrogen-bond donors (Lipinski definition) is 1. The average molecular weight is 314 g/mol. The number of benzene rings is 1. The number of anilines is 1. The average Bonchev–Trinajstić information content (AvgIpc) is 2.42. The molecule has 0 saturated heterocycles. The topological polar surface area (TPSA) is 47.6 Å². The Morgan fingerprint density at radius 2 is 2.00 bits per heavy atom. The number of hydrogen-bond acceptors (Lipinski definition) is 3. The number of carbonyl (C=O) groups excluding carboxylic acids is 1. The summed E-state index contributed by atoms with van der Waals surface area (Å²) in [5, 5.41) is 3.33. The van der Waals surface area contributed by atoms with Gasteiger partial charge in [-0.3, -0.25) is 4.79 Å². The van der Waals surface area contributed by atoms with Gasteiger partial charge in [-0.1, -0.05) is 24.9 Å². The van der Waals surface area contributed by atoms with Gasteiger partial charge >= 0.3 is 0 Å². The number of rotatable bonds is 8. The van der Waals surface area contributed by atoms with Crippen molar-refractivity contribution < 1.29 is 14.3 Å². The van der Waals surface area contributed by atoms with E-state index in [4.69, 9.17) is 21.1 Å². The smallest absolute Gasteiger partial charge is 0.256 e. The molecule has 0 unspecified atom stereocenters. The summed E-state index contributed by atoms with van der Waals surface area (Å²) in [5.41, 5.74) is -0.190. The lowest BCUT2D eigenvalue weighted by Gasteiger charge is -2.27. The van der Waals surface area contributed by atoms with Crippen molar-refractivity contribution in [1.29, 1.82) is 0 Å². The minimum Gasteiger partial charge on any atom is -0.492 e. The molecule has 21 heavy (non-hydrogen) atoms. The molecule has 0 aliphatic carbocycles. The molecule has 1 aromatic rings. The molecule has 4 nitrogen and oxygen atoms in total. The van der Waals surface area contributed by atoms with E-state index in [1.807, 2.05) is 27.7 Å². The fourth-order valence-corrected chi connectivity index (χ4v) is 2.40. The highest BCUT2D eigenvalue weighted by Gasteiger charge is 2.32. The molecule has 0 aliphatic rings. The van der Waals surface area contributed by atoms with Crippen LogP contribution >= 0.6 is 11.6 Å². The molecule has 0 fully saturated rings. The molecular formula is C16H24ClNO3. The molecule has 1 N–H and O–H groups in total. The summed E-state index contributed by atoms with van der Waals surface area (Å²) in [6, 6.07) is 5.20. The molecule has 1 atom stereocenters. The molecule has 118 valence electrons. The number of ether oxygens (including phenoxy) is 2. The zero-order valence-electron chi connectivity index (χ0n) is 13.2. The molecule has 0 saturated carbocycles. The lowest BCUT2D eigenvalue weighted by atomic mass is 9.99. The molecule has 1 amide bonds. The van der Waals surface area contributed by atoms with Crippen LogP contribution in [0.3, 0.4) is 0 Å².